The maximum Gasteiger partial charge on any atom is 0.269 e. The van der Waals surface area contributed by atoms with Crippen molar-refractivity contribution in [3.63, 3.8) is 0 Å². The van der Waals surface area contributed by atoms with Gasteiger partial charge in [0.2, 0.25) is 14.3 Å². The van der Waals surface area contributed by atoms with Crippen LogP contribution in [0.25, 0.3) is 0 Å². The summed E-state index contributed by atoms with van der Waals surface area (Å²) < 4.78 is 28.6. The number of fused-ring (bicyclic) bond motifs is 4. The van der Waals surface area contributed by atoms with Crippen LogP contribution in [0.3, 0.4) is 0 Å². The highest BCUT2D eigenvalue weighted by atomic mass is 28.4. The molecule has 3 aromatic rings. The number of anilines is 3. The third-order valence-corrected chi connectivity index (χ3v) is 12.4. The monoisotopic (exact) mass is 629 g/mol. The number of hydrogen-bond donors (Lipinski definition) is 2. The molecule has 4 aliphatic heterocycles. The zero-order chi connectivity index (χ0) is 31.7. The molecule has 0 unspecified atom stereocenters. The Morgan fingerprint density at radius 3 is 2.58 bits per heavy atom. The Morgan fingerprint density at radius 1 is 1.09 bits per heavy atom. The predicted octanol–water partition coefficient (Wildman–Crippen LogP) is 4.81. The second kappa shape index (κ2) is 10.8. The number of carbonyl (C=O) groups is 3. The first-order chi connectivity index (χ1) is 21.5. The summed E-state index contributed by atoms with van der Waals surface area (Å²) in [6.07, 6.45) is -0.450. The molecule has 1 saturated heterocycles. The number of aliphatic hydroxyl groups excluding tert-OH is 1. The van der Waals surface area contributed by atoms with Gasteiger partial charge in [-0.05, 0) is 61.0 Å². The third kappa shape index (κ3) is 4.67. The number of amides is 3. The Kier molecular flexibility index (Phi) is 7.10. The molecule has 1 spiro atoms. The van der Waals surface area contributed by atoms with Gasteiger partial charge in [0.25, 0.3) is 11.8 Å². The molecule has 4 aliphatic rings. The number of halogens is 1. The van der Waals surface area contributed by atoms with Crippen LogP contribution in [0.1, 0.15) is 30.0 Å². The van der Waals surface area contributed by atoms with E-state index in [0.29, 0.717) is 41.3 Å². The molecule has 0 saturated carbocycles. The Balaban J connectivity index is 1.24. The minimum atomic E-state index is -3.50. The van der Waals surface area contributed by atoms with Gasteiger partial charge in [-0.3, -0.25) is 19.3 Å². The van der Waals surface area contributed by atoms with Crippen molar-refractivity contribution in [3.05, 3.63) is 83.4 Å². The number of nitrogens with one attached hydrogen (secondary N) is 1. The molecule has 4 heterocycles. The van der Waals surface area contributed by atoms with Crippen molar-refractivity contribution in [2.75, 3.05) is 23.4 Å². The van der Waals surface area contributed by atoms with Crippen molar-refractivity contribution in [1.29, 1.82) is 0 Å². The van der Waals surface area contributed by atoms with Crippen molar-refractivity contribution >= 4 is 43.2 Å². The largest absolute Gasteiger partial charge is 0.482 e. The van der Waals surface area contributed by atoms with Crippen molar-refractivity contribution in [3.8, 4) is 5.75 Å². The molecule has 3 amide bonds. The highest BCUT2D eigenvalue weighted by Crippen LogP contribution is 2.59. The molecule has 0 aromatic heterocycles. The van der Waals surface area contributed by atoms with Gasteiger partial charge in [0.05, 0.1) is 30.9 Å². The average Bonchev–Trinajstić information content (AvgIpc) is 3.48. The van der Waals surface area contributed by atoms with Crippen molar-refractivity contribution < 1.29 is 33.1 Å². The van der Waals surface area contributed by atoms with E-state index in [1.54, 1.807) is 53.2 Å². The first kappa shape index (κ1) is 29.6. The highest BCUT2D eigenvalue weighted by Gasteiger charge is 2.65. The van der Waals surface area contributed by atoms with Crippen LogP contribution >= 0.6 is 0 Å². The van der Waals surface area contributed by atoms with Gasteiger partial charge in [0.1, 0.15) is 5.75 Å². The number of rotatable bonds is 5. The van der Waals surface area contributed by atoms with E-state index in [0.717, 1.165) is 11.1 Å². The van der Waals surface area contributed by atoms with E-state index in [1.165, 1.54) is 0 Å². The molecular formula is C34H36FN3O6Si. The first-order valence-corrected chi connectivity index (χ1v) is 18.3. The Labute approximate surface area is 262 Å². The topological polar surface area (TPSA) is 108 Å². The fraction of sp³-hybridized carbons (Fsp3) is 0.382. The van der Waals surface area contributed by atoms with E-state index in [1.807, 2.05) is 43.3 Å². The van der Waals surface area contributed by atoms with E-state index in [4.69, 9.17) is 9.47 Å². The molecule has 7 rings (SSSR count). The summed E-state index contributed by atoms with van der Waals surface area (Å²) in [5.74, 6) is -0.946. The van der Waals surface area contributed by atoms with Gasteiger partial charge >= 0.3 is 0 Å². The Bertz CT molecular complexity index is 1710. The molecule has 0 radical (unpaired) electrons. The fourth-order valence-electron chi connectivity index (χ4n) is 7.91. The van der Waals surface area contributed by atoms with Crippen LogP contribution in [0.15, 0.2) is 66.7 Å². The number of nitrogens with zero attached hydrogens (tertiary/aromatic N) is 2. The van der Waals surface area contributed by atoms with Crippen LogP contribution in [0, 0.1) is 5.92 Å². The highest BCUT2D eigenvalue weighted by molar-refractivity contribution is 6.72. The van der Waals surface area contributed by atoms with Crippen molar-refractivity contribution in [1.82, 2.24) is 4.90 Å². The molecule has 45 heavy (non-hydrogen) atoms. The number of hydrogen-bond acceptors (Lipinski definition) is 6. The summed E-state index contributed by atoms with van der Waals surface area (Å²) in [6, 6.07) is 19.9. The van der Waals surface area contributed by atoms with Gasteiger partial charge in [-0.15, -0.1) is 0 Å². The number of para-hydroxylation sites is 2. The number of ether oxygens (including phenoxy) is 2. The molecule has 3 aromatic carbocycles. The van der Waals surface area contributed by atoms with Gasteiger partial charge in [-0.1, -0.05) is 43.3 Å². The Morgan fingerprint density at radius 2 is 1.82 bits per heavy atom. The maximum absolute atomic E-state index is 16.2. The quantitative estimate of drug-likeness (QED) is 0.310. The summed E-state index contributed by atoms with van der Waals surface area (Å²) in [5, 5.41) is 13.1. The smallest absolute Gasteiger partial charge is 0.269 e. The normalized spacial score (nSPS) is 27.1. The third-order valence-electron chi connectivity index (χ3n) is 9.93. The van der Waals surface area contributed by atoms with E-state index in [2.05, 4.69) is 5.32 Å². The van der Waals surface area contributed by atoms with Crippen LogP contribution in [0.4, 0.5) is 21.2 Å². The average molecular weight is 630 g/mol. The summed E-state index contributed by atoms with van der Waals surface area (Å²) in [6.45, 7) is 5.03. The van der Waals surface area contributed by atoms with Crippen molar-refractivity contribution in [2.24, 2.45) is 5.92 Å². The molecule has 11 heteroatoms. The molecule has 9 nitrogen and oxygen atoms in total. The van der Waals surface area contributed by atoms with E-state index in [-0.39, 0.29) is 31.4 Å². The second-order valence-corrected chi connectivity index (χ2v) is 16.8. The summed E-state index contributed by atoms with van der Waals surface area (Å²) in [7, 11) is -3.50. The molecule has 0 aliphatic carbocycles. The molecule has 234 valence electrons. The predicted molar refractivity (Wildman–Crippen MR) is 168 cm³/mol. The van der Waals surface area contributed by atoms with Gasteiger partial charge in [-0.2, -0.15) is 0 Å². The van der Waals surface area contributed by atoms with Crippen LogP contribution in [0.5, 0.6) is 5.75 Å². The molecule has 0 bridgehead atoms. The lowest BCUT2D eigenvalue weighted by molar-refractivity contribution is -0.149. The SMILES string of the molecule is C[C@@H]1[C@@H]([Si](C)(C)F)[C@H](CC(=O)N2Cc3ccccc3C[C@H]2CO)O[C@@]12C(=O)Nc1ccc(N3C(=O)COc4ccccc43)cc12. The van der Waals surface area contributed by atoms with E-state index in [9.17, 15) is 19.5 Å². The number of benzene rings is 3. The van der Waals surface area contributed by atoms with Crippen LogP contribution < -0.4 is 15.0 Å². The number of carbonyl (C=O) groups excluding carboxylic acids is 3. The fourth-order valence-corrected chi connectivity index (χ4v) is 10.4. The van der Waals surface area contributed by atoms with Gasteiger partial charge in [0.15, 0.2) is 12.2 Å². The molecular weight excluding hydrogens is 593 g/mol. The first-order valence-electron chi connectivity index (χ1n) is 15.4. The Hall–Kier alpha value is -4.06. The standard InChI is InChI=1S/C34H36FN3O6Si/c1-20-32(45(2,3)35)29(16-30(40)37-17-22-9-5-4-8-21(22)14-24(37)18-39)44-34(20)25-15-23(12-13-26(25)36-33(34)42)38-27-10-6-7-11-28(27)43-19-31(38)41/h4-13,15,20,24,29,32,39H,14,16-19H2,1-3H3,(H,36,42)/t20-,24+,29+,32-,34+/m1/s1. The van der Waals surface area contributed by atoms with Crippen LogP contribution in [-0.4, -0.2) is 61.5 Å². The van der Waals surface area contributed by atoms with Gasteiger partial charge < -0.3 is 28.9 Å². The zero-order valence-electron chi connectivity index (χ0n) is 25.5. The van der Waals surface area contributed by atoms with E-state index < -0.39 is 43.5 Å². The minimum absolute atomic E-state index is 0.118. The minimum Gasteiger partial charge on any atom is -0.482 e. The second-order valence-electron chi connectivity index (χ2n) is 13.0. The van der Waals surface area contributed by atoms with Crippen LogP contribution in [-0.2, 0) is 37.7 Å². The van der Waals surface area contributed by atoms with Crippen LogP contribution in [0.2, 0.25) is 18.6 Å². The lowest BCUT2D eigenvalue weighted by Gasteiger charge is -2.37. The summed E-state index contributed by atoms with van der Waals surface area (Å²) >= 11 is 0. The van der Waals surface area contributed by atoms with E-state index >= 15 is 4.11 Å². The summed E-state index contributed by atoms with van der Waals surface area (Å²) in [5.41, 5.74) is 2.06. The zero-order valence-corrected chi connectivity index (χ0v) is 26.5. The maximum atomic E-state index is 16.2. The number of aliphatic hydroxyl groups is 1. The lowest BCUT2D eigenvalue weighted by Crippen LogP contribution is -2.48. The van der Waals surface area contributed by atoms with Crippen molar-refractivity contribution in [2.45, 2.75) is 62.7 Å². The lowest BCUT2D eigenvalue weighted by atomic mass is 9.82. The molecule has 5 atom stereocenters. The summed E-state index contributed by atoms with van der Waals surface area (Å²) in [4.78, 5) is 44.2. The molecule has 1 fully saturated rings. The molecule has 2 N–H and O–H groups in total. The van der Waals surface area contributed by atoms with Gasteiger partial charge in [-0.25, -0.2) is 0 Å². The van der Waals surface area contributed by atoms with Gasteiger partial charge in [0, 0.05) is 34.9 Å².